The van der Waals surface area contributed by atoms with Gasteiger partial charge in [0.05, 0.1) is 19.5 Å². The first-order chi connectivity index (χ1) is 31.9. The fraction of sp³-hybridized carbons (Fsp3) is 0.763. The number of phosphoric ester groups is 3. The predicted molar refractivity (Wildman–Crippen MR) is 244 cm³/mol. The van der Waals surface area contributed by atoms with E-state index in [2.05, 4.69) is 41.3 Å². The van der Waals surface area contributed by atoms with Crippen molar-refractivity contribution in [2.45, 2.75) is 141 Å². The standard InChI is InChI=1S/C38H66N7O19P3S/c1-4-5-6-7-8-9-10-11-12-13-14-15-16-25(36(50)51)37(52)68-20-19-40-27(46)17-18-41-34(49)31(48)38(2,3)22-61-67(58,59)64-66(56,57)60-21-26-30(63-65(53,54)55)29(47)35(62-26)45-24-44-28-32(39)42-23-43-33(28)45/h23-26,29-31,35,47-48H,4-22H2,1-3H3,(H,40,46)(H,41,49)(H,50,51)(H,56,57)(H,58,59)(H2,39,42,43)(H2,53,54,55)/t25?,26-,29-,30-,31+,35-/m1/s1. The molecule has 8 atom stereocenters. The Hall–Kier alpha value is -2.97. The Bertz CT molecular complexity index is 2100. The number of imidazole rings is 1. The molecule has 3 unspecified atom stereocenters. The Kier molecular flexibility index (Phi) is 24.6. The highest BCUT2D eigenvalue weighted by atomic mass is 32.2. The summed E-state index contributed by atoms with van der Waals surface area (Å²) in [4.78, 5) is 101. The molecule has 388 valence electrons. The summed E-state index contributed by atoms with van der Waals surface area (Å²) >= 11 is 0.810. The van der Waals surface area contributed by atoms with Gasteiger partial charge in [-0.05, 0) is 6.42 Å². The Balaban J connectivity index is 1.36. The zero-order valence-corrected chi connectivity index (χ0v) is 41.7. The number of thioether (sulfide) groups is 1. The smallest absolute Gasteiger partial charge is 0.481 e. The summed E-state index contributed by atoms with van der Waals surface area (Å²) in [5.41, 5.74) is 4.21. The van der Waals surface area contributed by atoms with Crippen molar-refractivity contribution >= 4 is 75.1 Å². The quantitative estimate of drug-likeness (QED) is 0.0272. The van der Waals surface area contributed by atoms with Crippen LogP contribution in [0.5, 0.6) is 0 Å². The zero-order chi connectivity index (χ0) is 50.7. The lowest BCUT2D eigenvalue weighted by atomic mass is 9.87. The number of hydrogen-bond donors (Lipinski definition) is 10. The first-order valence-corrected chi connectivity index (χ1v) is 27.7. The lowest BCUT2D eigenvalue weighted by molar-refractivity contribution is -0.144. The number of nitrogens with one attached hydrogen (secondary N) is 2. The molecule has 0 radical (unpaired) electrons. The summed E-state index contributed by atoms with van der Waals surface area (Å²) in [6, 6.07) is 0. The molecule has 3 rings (SSSR count). The minimum atomic E-state index is -5.60. The number of carbonyl (C=O) groups excluding carboxylic acids is 3. The number of carbonyl (C=O) groups is 4. The third-order valence-corrected chi connectivity index (χ3v) is 14.8. The molecule has 30 heteroatoms. The summed E-state index contributed by atoms with van der Waals surface area (Å²) in [5.74, 6) is -3.81. The van der Waals surface area contributed by atoms with E-state index in [0.717, 1.165) is 54.7 Å². The van der Waals surface area contributed by atoms with E-state index in [1.807, 2.05) is 0 Å². The van der Waals surface area contributed by atoms with E-state index in [9.17, 15) is 67.8 Å². The Morgan fingerprint density at radius 2 is 1.50 bits per heavy atom. The van der Waals surface area contributed by atoms with Gasteiger partial charge >= 0.3 is 29.4 Å². The number of phosphoric acid groups is 3. The van der Waals surface area contributed by atoms with E-state index in [-0.39, 0.29) is 48.7 Å². The summed E-state index contributed by atoms with van der Waals surface area (Å²) in [6.07, 6.45) is 6.60. The second-order valence-electron chi connectivity index (χ2n) is 16.8. The Morgan fingerprint density at radius 1 is 0.897 bits per heavy atom. The molecule has 26 nitrogen and oxygen atoms in total. The molecule has 68 heavy (non-hydrogen) atoms. The van der Waals surface area contributed by atoms with Gasteiger partial charge in [0.2, 0.25) is 16.9 Å². The van der Waals surface area contributed by atoms with Crippen LogP contribution < -0.4 is 16.4 Å². The predicted octanol–water partition coefficient (Wildman–Crippen LogP) is 3.46. The number of aromatic nitrogens is 4. The number of anilines is 1. The van der Waals surface area contributed by atoms with Crippen LogP contribution in [0.2, 0.25) is 0 Å². The number of ether oxygens (including phenoxy) is 1. The highest BCUT2D eigenvalue weighted by Crippen LogP contribution is 2.61. The van der Waals surface area contributed by atoms with Crippen molar-refractivity contribution in [3.8, 4) is 0 Å². The molecule has 0 aliphatic carbocycles. The van der Waals surface area contributed by atoms with Crippen molar-refractivity contribution in [3.63, 3.8) is 0 Å². The summed E-state index contributed by atoms with van der Waals surface area (Å²) in [5, 5.41) is 35.5. The van der Waals surface area contributed by atoms with E-state index >= 15 is 0 Å². The number of rotatable bonds is 34. The SMILES string of the molecule is CCCCCCCCCCCCCCC(C(=O)O)C(=O)SCCNC(=O)CCNC(=O)[C@H](O)C(C)(C)COP(=O)(O)OP(=O)(O)OC[C@H]1O[C@@H](n2cnc3c(N)ncnc32)[C@H](O)[C@@H]1OP(=O)(O)O. The molecule has 2 amide bonds. The maximum absolute atomic E-state index is 12.7. The number of aliphatic hydroxyl groups is 2. The van der Waals surface area contributed by atoms with Crippen molar-refractivity contribution < 1.29 is 90.4 Å². The number of amides is 2. The molecule has 1 aliphatic heterocycles. The topological polar surface area (TPSA) is 401 Å². The lowest BCUT2D eigenvalue weighted by Gasteiger charge is -2.30. The second kappa shape index (κ2) is 28.2. The van der Waals surface area contributed by atoms with E-state index in [1.54, 1.807) is 0 Å². The molecule has 0 bridgehead atoms. The van der Waals surface area contributed by atoms with Crippen molar-refractivity contribution in [2.75, 3.05) is 37.8 Å². The molecular formula is C38H66N7O19P3S. The first-order valence-electron chi connectivity index (χ1n) is 22.2. The largest absolute Gasteiger partial charge is 0.481 e. The van der Waals surface area contributed by atoms with Gasteiger partial charge in [-0.25, -0.2) is 28.6 Å². The van der Waals surface area contributed by atoms with Crippen molar-refractivity contribution in [2.24, 2.45) is 11.3 Å². The number of hydrogen-bond acceptors (Lipinski definition) is 19. The fourth-order valence-electron chi connectivity index (χ4n) is 6.91. The van der Waals surface area contributed by atoms with Gasteiger partial charge in [-0.3, -0.25) is 37.3 Å². The van der Waals surface area contributed by atoms with E-state index in [4.69, 9.17) is 19.5 Å². The Labute approximate surface area is 397 Å². The van der Waals surface area contributed by atoms with Gasteiger partial charge in [0, 0.05) is 30.7 Å². The third kappa shape index (κ3) is 20.4. The Morgan fingerprint density at radius 3 is 2.10 bits per heavy atom. The van der Waals surface area contributed by atoms with Crippen molar-refractivity contribution in [1.29, 1.82) is 0 Å². The number of carboxylic acids is 1. The molecule has 2 aromatic rings. The maximum Gasteiger partial charge on any atom is 0.481 e. The lowest BCUT2D eigenvalue weighted by Crippen LogP contribution is -2.46. The van der Waals surface area contributed by atoms with E-state index in [0.29, 0.717) is 6.42 Å². The van der Waals surface area contributed by atoms with Crippen LogP contribution in [0.15, 0.2) is 12.7 Å². The number of fused-ring (bicyclic) bond motifs is 1. The van der Waals surface area contributed by atoms with Crippen molar-refractivity contribution in [3.05, 3.63) is 12.7 Å². The molecule has 0 spiro atoms. The summed E-state index contributed by atoms with van der Waals surface area (Å²) in [6.45, 7) is 2.37. The normalized spacial score (nSPS) is 20.4. The van der Waals surface area contributed by atoms with Crippen LogP contribution >= 0.6 is 35.2 Å². The molecule has 11 N–H and O–H groups in total. The van der Waals surface area contributed by atoms with Crippen LogP contribution in [-0.2, 0) is 55.5 Å². The van der Waals surface area contributed by atoms with Crippen LogP contribution in [0.25, 0.3) is 11.2 Å². The molecule has 1 saturated heterocycles. The van der Waals surface area contributed by atoms with E-state index < -0.39 is 102 Å². The van der Waals surface area contributed by atoms with Gasteiger partial charge in [-0.2, -0.15) is 4.31 Å². The van der Waals surface area contributed by atoms with Crippen molar-refractivity contribution in [1.82, 2.24) is 30.2 Å². The summed E-state index contributed by atoms with van der Waals surface area (Å²) < 4.78 is 62.4. The van der Waals surface area contributed by atoms with Crippen LogP contribution in [0, 0.1) is 11.3 Å². The molecule has 1 fully saturated rings. The molecule has 3 heterocycles. The van der Waals surface area contributed by atoms with Gasteiger partial charge < -0.3 is 56.0 Å². The van der Waals surface area contributed by atoms with Crippen LogP contribution in [0.3, 0.4) is 0 Å². The number of aliphatic hydroxyl groups excluding tert-OH is 2. The van der Waals surface area contributed by atoms with Crippen LogP contribution in [0.1, 0.15) is 117 Å². The van der Waals surface area contributed by atoms with Gasteiger partial charge in [0.15, 0.2) is 17.7 Å². The highest BCUT2D eigenvalue weighted by molar-refractivity contribution is 8.13. The molecule has 0 saturated carbocycles. The number of aliphatic carboxylic acids is 1. The molecule has 2 aromatic heterocycles. The monoisotopic (exact) mass is 1050 g/mol. The number of carboxylic acid groups (broad SMARTS) is 1. The van der Waals surface area contributed by atoms with Crippen LogP contribution in [-0.4, -0.2) is 134 Å². The van der Waals surface area contributed by atoms with Gasteiger partial charge in [-0.15, -0.1) is 0 Å². The fourth-order valence-corrected chi connectivity index (χ4v) is 10.6. The minimum Gasteiger partial charge on any atom is -0.481 e. The number of nitrogens with zero attached hydrogens (tertiary/aromatic N) is 4. The number of nitrogen functional groups attached to an aromatic ring is 1. The number of nitrogens with two attached hydrogens (primary N) is 1. The van der Waals surface area contributed by atoms with E-state index in [1.165, 1.54) is 58.8 Å². The van der Waals surface area contributed by atoms with Gasteiger partial charge in [0.1, 0.15) is 42.2 Å². The molecule has 0 aromatic carbocycles. The molecular weight excluding hydrogens is 983 g/mol. The minimum absolute atomic E-state index is 0.0208. The average molecular weight is 1050 g/mol. The first kappa shape index (κ1) is 59.3. The highest BCUT2D eigenvalue weighted by Gasteiger charge is 2.50. The van der Waals surface area contributed by atoms with Gasteiger partial charge in [0.25, 0.3) is 0 Å². The second-order valence-corrected chi connectivity index (χ2v) is 22.1. The zero-order valence-electron chi connectivity index (χ0n) is 38.2. The number of unbranched alkanes of at least 4 members (excludes halogenated alkanes) is 11. The third-order valence-electron chi connectivity index (χ3n) is 10.7. The average Bonchev–Trinajstić information content (AvgIpc) is 3.81. The van der Waals surface area contributed by atoms with Crippen LogP contribution in [0.4, 0.5) is 5.82 Å². The molecule has 1 aliphatic rings. The maximum atomic E-state index is 12.7. The summed E-state index contributed by atoms with van der Waals surface area (Å²) in [7, 11) is -16.5. The van der Waals surface area contributed by atoms with Gasteiger partial charge in [-0.1, -0.05) is 110 Å².